The molecule has 1 aromatic rings. The number of carbonyl (C=O) groups is 1. The first-order valence-corrected chi connectivity index (χ1v) is 7.51. The molecule has 3 heteroatoms. The predicted octanol–water partition coefficient (Wildman–Crippen LogP) is 3.28. The molecule has 1 heterocycles. The predicted molar refractivity (Wildman–Crippen MR) is 80.4 cm³/mol. The number of hydrogen-bond acceptors (Lipinski definition) is 1. The molecule has 2 amide bonds. The highest BCUT2D eigenvalue weighted by molar-refractivity contribution is 5.77. The zero-order valence-corrected chi connectivity index (χ0v) is 11.8. The van der Waals surface area contributed by atoms with E-state index >= 15 is 0 Å². The summed E-state index contributed by atoms with van der Waals surface area (Å²) >= 11 is 0. The number of urea groups is 1. The fourth-order valence-electron chi connectivity index (χ4n) is 3.88. The van der Waals surface area contributed by atoms with Gasteiger partial charge >= 0.3 is 6.03 Å². The van der Waals surface area contributed by atoms with E-state index in [9.17, 15) is 4.79 Å². The normalized spacial score (nSPS) is 28.2. The molecule has 3 rings (SSSR count). The molecule has 0 spiro atoms. The van der Waals surface area contributed by atoms with E-state index in [0.29, 0.717) is 12.5 Å². The molecule has 2 fully saturated rings. The molecular weight excluding hydrogens is 248 g/mol. The third-order valence-corrected chi connectivity index (χ3v) is 4.84. The Morgan fingerprint density at radius 1 is 1.40 bits per heavy atom. The largest absolute Gasteiger partial charge is 0.335 e. The van der Waals surface area contributed by atoms with Crippen molar-refractivity contribution in [3.8, 4) is 0 Å². The van der Waals surface area contributed by atoms with Crippen molar-refractivity contribution in [2.75, 3.05) is 13.1 Å². The van der Waals surface area contributed by atoms with Crippen LogP contribution in [0.5, 0.6) is 0 Å². The highest BCUT2D eigenvalue weighted by Crippen LogP contribution is 2.53. The minimum absolute atomic E-state index is 0.0481. The van der Waals surface area contributed by atoms with Crippen LogP contribution in [0.3, 0.4) is 0 Å². The first-order chi connectivity index (χ1) is 9.79. The minimum Gasteiger partial charge on any atom is -0.335 e. The van der Waals surface area contributed by atoms with Crippen LogP contribution in [-0.2, 0) is 5.54 Å². The van der Waals surface area contributed by atoms with E-state index in [1.54, 1.807) is 6.08 Å². The average Bonchev–Trinajstić information content (AvgIpc) is 2.47. The van der Waals surface area contributed by atoms with Crippen molar-refractivity contribution in [2.45, 2.75) is 31.2 Å². The molecule has 3 nitrogen and oxygen atoms in total. The highest BCUT2D eigenvalue weighted by Gasteiger charge is 2.56. The molecular formula is C17H22N2O. The Bertz CT molecular complexity index is 499. The first kappa shape index (κ1) is 13.2. The lowest BCUT2D eigenvalue weighted by atomic mass is 9.62. The zero-order valence-electron chi connectivity index (χ0n) is 11.8. The molecule has 106 valence electrons. The molecule has 1 aliphatic heterocycles. The van der Waals surface area contributed by atoms with Gasteiger partial charge in [0.25, 0.3) is 0 Å². The van der Waals surface area contributed by atoms with Crippen LogP contribution >= 0.6 is 0 Å². The van der Waals surface area contributed by atoms with Gasteiger partial charge in [0, 0.05) is 19.0 Å². The van der Waals surface area contributed by atoms with E-state index in [4.69, 9.17) is 0 Å². The Hall–Kier alpha value is -1.77. The summed E-state index contributed by atoms with van der Waals surface area (Å²) in [6.07, 6.45) is 6.55. The zero-order chi connectivity index (χ0) is 14.0. The van der Waals surface area contributed by atoms with Gasteiger partial charge in [-0.15, -0.1) is 6.58 Å². The van der Waals surface area contributed by atoms with Crippen LogP contribution in [0, 0.1) is 5.92 Å². The lowest BCUT2D eigenvalue weighted by Gasteiger charge is -2.61. The molecule has 0 unspecified atom stereocenters. The molecule has 2 aliphatic rings. The Morgan fingerprint density at radius 3 is 2.90 bits per heavy atom. The molecule has 1 N–H and O–H groups in total. The SMILES string of the molecule is C=CCNC(=O)N1C[C@H]2CCCC[C@@]21c1ccccc1. The molecule has 2 atom stereocenters. The lowest BCUT2D eigenvalue weighted by molar-refractivity contribution is -0.0791. The van der Waals surface area contributed by atoms with Gasteiger partial charge in [-0.05, 0) is 18.4 Å². The fourth-order valence-corrected chi connectivity index (χ4v) is 3.88. The van der Waals surface area contributed by atoms with E-state index in [1.165, 1.54) is 24.8 Å². The van der Waals surface area contributed by atoms with Crippen molar-refractivity contribution in [3.05, 3.63) is 48.6 Å². The smallest absolute Gasteiger partial charge is 0.318 e. The van der Waals surface area contributed by atoms with Gasteiger partial charge in [0.05, 0.1) is 5.54 Å². The van der Waals surface area contributed by atoms with Crippen molar-refractivity contribution in [3.63, 3.8) is 0 Å². The van der Waals surface area contributed by atoms with Crippen molar-refractivity contribution in [1.82, 2.24) is 10.2 Å². The van der Waals surface area contributed by atoms with Gasteiger partial charge in [-0.2, -0.15) is 0 Å². The number of hydrogen-bond donors (Lipinski definition) is 1. The van der Waals surface area contributed by atoms with Crippen molar-refractivity contribution < 1.29 is 4.79 Å². The van der Waals surface area contributed by atoms with Gasteiger partial charge < -0.3 is 10.2 Å². The maximum Gasteiger partial charge on any atom is 0.318 e. The maximum atomic E-state index is 12.4. The molecule has 1 aromatic carbocycles. The highest BCUT2D eigenvalue weighted by atomic mass is 16.2. The lowest BCUT2D eigenvalue weighted by Crippen LogP contribution is -2.69. The van der Waals surface area contributed by atoms with Gasteiger partial charge in [-0.3, -0.25) is 0 Å². The summed E-state index contributed by atoms with van der Waals surface area (Å²) < 4.78 is 0. The number of carbonyl (C=O) groups excluding carboxylic acids is 1. The summed E-state index contributed by atoms with van der Waals surface area (Å²) in [5.74, 6) is 0.619. The van der Waals surface area contributed by atoms with Crippen LogP contribution in [0.1, 0.15) is 31.2 Å². The number of amides is 2. The van der Waals surface area contributed by atoms with Crippen LogP contribution in [0.2, 0.25) is 0 Å². The number of benzene rings is 1. The number of fused-ring (bicyclic) bond motifs is 1. The van der Waals surface area contributed by atoms with Crippen LogP contribution in [0.4, 0.5) is 4.79 Å². The summed E-state index contributed by atoms with van der Waals surface area (Å²) in [7, 11) is 0. The van der Waals surface area contributed by atoms with Gasteiger partial charge in [0.2, 0.25) is 0 Å². The van der Waals surface area contributed by atoms with Crippen LogP contribution in [0.25, 0.3) is 0 Å². The molecule has 0 bridgehead atoms. The number of nitrogens with one attached hydrogen (secondary N) is 1. The summed E-state index contributed by atoms with van der Waals surface area (Å²) in [5.41, 5.74) is 1.23. The molecule has 1 saturated carbocycles. The summed E-state index contributed by atoms with van der Waals surface area (Å²) in [6, 6.07) is 10.6. The third-order valence-electron chi connectivity index (χ3n) is 4.84. The molecule has 0 radical (unpaired) electrons. The van der Waals surface area contributed by atoms with Gasteiger partial charge in [0.1, 0.15) is 0 Å². The van der Waals surface area contributed by atoms with Gasteiger partial charge in [-0.25, -0.2) is 4.79 Å². The second kappa shape index (κ2) is 5.31. The van der Waals surface area contributed by atoms with E-state index in [0.717, 1.165) is 13.0 Å². The second-order valence-corrected chi connectivity index (χ2v) is 5.82. The third kappa shape index (κ3) is 1.92. The number of rotatable bonds is 3. The average molecular weight is 270 g/mol. The summed E-state index contributed by atoms with van der Waals surface area (Å²) in [6.45, 7) is 5.08. The van der Waals surface area contributed by atoms with Crippen molar-refractivity contribution in [1.29, 1.82) is 0 Å². The Balaban J connectivity index is 1.89. The minimum atomic E-state index is -0.0647. The van der Waals surface area contributed by atoms with Gasteiger partial charge in [-0.1, -0.05) is 49.2 Å². The van der Waals surface area contributed by atoms with Crippen LogP contribution < -0.4 is 5.32 Å². The van der Waals surface area contributed by atoms with Crippen LogP contribution in [0.15, 0.2) is 43.0 Å². The van der Waals surface area contributed by atoms with E-state index in [-0.39, 0.29) is 11.6 Å². The standard InChI is InChI=1S/C17H22N2O/c1-2-12-18-16(20)19-13-15-10-6-7-11-17(15,19)14-8-4-3-5-9-14/h2-5,8-9,15H,1,6-7,10-13H2,(H,18,20)/t15-,17-/m1/s1. The van der Waals surface area contributed by atoms with E-state index < -0.39 is 0 Å². The van der Waals surface area contributed by atoms with E-state index in [1.807, 2.05) is 11.0 Å². The molecule has 1 aliphatic carbocycles. The first-order valence-electron chi connectivity index (χ1n) is 7.51. The Morgan fingerprint density at radius 2 is 2.20 bits per heavy atom. The second-order valence-electron chi connectivity index (χ2n) is 5.82. The number of likely N-dealkylation sites (tertiary alicyclic amines) is 1. The number of nitrogens with zero attached hydrogens (tertiary/aromatic N) is 1. The summed E-state index contributed by atoms with van der Waals surface area (Å²) in [5, 5.41) is 2.93. The molecule has 1 saturated heterocycles. The van der Waals surface area contributed by atoms with Crippen molar-refractivity contribution >= 4 is 6.03 Å². The Labute approximate surface area is 120 Å². The van der Waals surface area contributed by atoms with E-state index in [2.05, 4.69) is 36.2 Å². The Kier molecular flexibility index (Phi) is 3.51. The van der Waals surface area contributed by atoms with Gasteiger partial charge in [0.15, 0.2) is 0 Å². The molecule has 20 heavy (non-hydrogen) atoms. The monoisotopic (exact) mass is 270 g/mol. The topological polar surface area (TPSA) is 32.3 Å². The maximum absolute atomic E-state index is 12.4. The van der Waals surface area contributed by atoms with Crippen LogP contribution in [-0.4, -0.2) is 24.0 Å². The summed E-state index contributed by atoms with van der Waals surface area (Å²) in [4.78, 5) is 14.4. The quantitative estimate of drug-likeness (QED) is 0.840. The fraction of sp³-hybridized carbons (Fsp3) is 0.471. The van der Waals surface area contributed by atoms with Crippen molar-refractivity contribution in [2.24, 2.45) is 5.92 Å². The molecule has 0 aromatic heterocycles.